The Morgan fingerprint density at radius 2 is 1.79 bits per heavy atom. The number of carbonyl (C=O) groups is 2. The number of sulfonamides is 1. The van der Waals surface area contributed by atoms with Gasteiger partial charge in [-0.05, 0) is 20.8 Å². The maximum absolute atomic E-state index is 12.0. The molecular formula is C11H22N2O5S. The SMILES string of the molecule is CCS(=O)(=O)N(C)CC(=O)N(CCC(=O)O)C(C)C. The summed E-state index contributed by atoms with van der Waals surface area (Å²) in [6.45, 7) is 4.82. The molecule has 0 rings (SSSR count). The van der Waals surface area contributed by atoms with Crippen LogP contribution in [0.1, 0.15) is 27.2 Å². The van der Waals surface area contributed by atoms with Crippen molar-refractivity contribution < 1.29 is 23.1 Å². The average molecular weight is 294 g/mol. The van der Waals surface area contributed by atoms with Crippen molar-refractivity contribution in [2.45, 2.75) is 33.2 Å². The topological polar surface area (TPSA) is 95.0 Å². The number of carboxylic acid groups (broad SMARTS) is 1. The van der Waals surface area contributed by atoms with Gasteiger partial charge in [-0.15, -0.1) is 0 Å². The van der Waals surface area contributed by atoms with E-state index in [1.54, 1.807) is 13.8 Å². The van der Waals surface area contributed by atoms with Gasteiger partial charge in [0.25, 0.3) is 0 Å². The van der Waals surface area contributed by atoms with E-state index in [1.165, 1.54) is 18.9 Å². The van der Waals surface area contributed by atoms with Crippen molar-refractivity contribution in [3.8, 4) is 0 Å². The van der Waals surface area contributed by atoms with Crippen LogP contribution in [0.25, 0.3) is 0 Å². The van der Waals surface area contributed by atoms with Gasteiger partial charge < -0.3 is 10.0 Å². The van der Waals surface area contributed by atoms with Crippen LogP contribution in [0.5, 0.6) is 0 Å². The van der Waals surface area contributed by atoms with E-state index in [4.69, 9.17) is 5.11 Å². The average Bonchev–Trinajstić information content (AvgIpc) is 2.28. The van der Waals surface area contributed by atoms with Crippen molar-refractivity contribution in [1.82, 2.24) is 9.21 Å². The minimum atomic E-state index is -3.41. The predicted octanol–water partition coefficient (Wildman–Crippen LogP) is -0.0204. The molecule has 0 aromatic rings. The first-order valence-electron chi connectivity index (χ1n) is 6.07. The molecule has 0 radical (unpaired) electrons. The van der Waals surface area contributed by atoms with Crippen LogP contribution >= 0.6 is 0 Å². The largest absolute Gasteiger partial charge is 0.481 e. The summed E-state index contributed by atoms with van der Waals surface area (Å²) < 4.78 is 24.1. The zero-order chi connectivity index (χ0) is 15.2. The van der Waals surface area contributed by atoms with Crippen molar-refractivity contribution in [2.75, 3.05) is 25.9 Å². The number of amides is 1. The van der Waals surface area contributed by atoms with Gasteiger partial charge in [0.05, 0.1) is 18.7 Å². The Bertz CT molecular complexity index is 419. The first-order valence-corrected chi connectivity index (χ1v) is 7.68. The predicted molar refractivity (Wildman–Crippen MR) is 71.2 cm³/mol. The van der Waals surface area contributed by atoms with Crippen LogP contribution in [0.4, 0.5) is 0 Å². The Labute approximate surface area is 114 Å². The molecule has 0 fully saturated rings. The molecule has 0 heterocycles. The Morgan fingerprint density at radius 1 is 1.26 bits per heavy atom. The van der Waals surface area contributed by atoms with Gasteiger partial charge in [0, 0.05) is 19.6 Å². The lowest BCUT2D eigenvalue weighted by Crippen LogP contribution is -2.45. The zero-order valence-corrected chi connectivity index (χ0v) is 12.6. The minimum Gasteiger partial charge on any atom is -0.481 e. The highest BCUT2D eigenvalue weighted by atomic mass is 32.2. The van der Waals surface area contributed by atoms with Crippen LogP contribution in [0.2, 0.25) is 0 Å². The normalized spacial score (nSPS) is 11.9. The van der Waals surface area contributed by atoms with Crippen molar-refractivity contribution in [1.29, 1.82) is 0 Å². The summed E-state index contributed by atoms with van der Waals surface area (Å²) in [6, 6.07) is -0.176. The summed E-state index contributed by atoms with van der Waals surface area (Å²) in [4.78, 5) is 23.9. The third kappa shape index (κ3) is 6.02. The van der Waals surface area contributed by atoms with E-state index in [2.05, 4.69) is 0 Å². The molecule has 0 atom stereocenters. The summed E-state index contributed by atoms with van der Waals surface area (Å²) >= 11 is 0. The van der Waals surface area contributed by atoms with Crippen molar-refractivity contribution in [3.05, 3.63) is 0 Å². The maximum atomic E-state index is 12.0. The Morgan fingerprint density at radius 3 is 2.16 bits per heavy atom. The van der Waals surface area contributed by atoms with Gasteiger partial charge >= 0.3 is 5.97 Å². The molecule has 0 bridgehead atoms. The van der Waals surface area contributed by atoms with Crippen LogP contribution in [-0.4, -0.2) is 66.5 Å². The van der Waals surface area contributed by atoms with Crippen LogP contribution in [0.3, 0.4) is 0 Å². The van der Waals surface area contributed by atoms with Crippen LogP contribution in [-0.2, 0) is 19.6 Å². The van der Waals surface area contributed by atoms with Crippen LogP contribution in [0.15, 0.2) is 0 Å². The van der Waals surface area contributed by atoms with Crippen molar-refractivity contribution in [2.24, 2.45) is 0 Å². The van der Waals surface area contributed by atoms with Crippen molar-refractivity contribution in [3.63, 3.8) is 0 Å². The fourth-order valence-electron chi connectivity index (χ4n) is 1.49. The summed E-state index contributed by atoms with van der Waals surface area (Å²) in [5, 5.41) is 8.63. The molecule has 7 nitrogen and oxygen atoms in total. The van der Waals surface area contributed by atoms with Crippen LogP contribution in [0, 0.1) is 0 Å². The summed E-state index contributed by atoms with van der Waals surface area (Å²) in [5.74, 6) is -1.46. The molecule has 8 heteroatoms. The number of nitrogens with zero attached hydrogens (tertiary/aromatic N) is 2. The first-order chi connectivity index (χ1) is 8.61. The van der Waals surface area contributed by atoms with Crippen LogP contribution < -0.4 is 0 Å². The van der Waals surface area contributed by atoms with E-state index in [0.717, 1.165) is 4.31 Å². The molecule has 0 aliphatic rings. The maximum Gasteiger partial charge on any atom is 0.305 e. The smallest absolute Gasteiger partial charge is 0.305 e. The molecule has 0 aromatic heterocycles. The molecule has 0 unspecified atom stereocenters. The molecule has 0 aromatic carbocycles. The molecule has 19 heavy (non-hydrogen) atoms. The molecule has 0 saturated carbocycles. The van der Waals surface area contributed by atoms with Gasteiger partial charge in [0.1, 0.15) is 0 Å². The van der Waals surface area contributed by atoms with Gasteiger partial charge in [-0.3, -0.25) is 9.59 Å². The molecule has 0 saturated heterocycles. The van der Waals surface area contributed by atoms with E-state index in [0.29, 0.717) is 0 Å². The number of hydrogen-bond donors (Lipinski definition) is 1. The van der Waals surface area contributed by atoms with E-state index in [-0.39, 0.29) is 31.3 Å². The zero-order valence-electron chi connectivity index (χ0n) is 11.8. The second kappa shape index (κ2) is 7.44. The molecule has 1 N–H and O–H groups in total. The van der Waals surface area contributed by atoms with Gasteiger partial charge in [-0.25, -0.2) is 8.42 Å². The lowest BCUT2D eigenvalue weighted by atomic mass is 10.2. The monoisotopic (exact) mass is 294 g/mol. The van der Waals surface area contributed by atoms with E-state index < -0.39 is 21.9 Å². The molecular weight excluding hydrogens is 272 g/mol. The first kappa shape index (κ1) is 17.8. The van der Waals surface area contributed by atoms with Gasteiger partial charge in [-0.1, -0.05) is 0 Å². The summed E-state index contributed by atoms with van der Waals surface area (Å²) in [6.07, 6.45) is -0.159. The fourth-order valence-corrected chi connectivity index (χ4v) is 2.23. The minimum absolute atomic E-state index is 0.0752. The summed E-state index contributed by atoms with van der Waals surface area (Å²) in [7, 11) is -2.07. The molecule has 1 amide bonds. The summed E-state index contributed by atoms with van der Waals surface area (Å²) in [5.41, 5.74) is 0. The number of likely N-dealkylation sites (N-methyl/N-ethyl adjacent to an activating group) is 1. The van der Waals surface area contributed by atoms with E-state index in [9.17, 15) is 18.0 Å². The van der Waals surface area contributed by atoms with Gasteiger partial charge in [0.15, 0.2) is 0 Å². The second-order valence-electron chi connectivity index (χ2n) is 4.48. The van der Waals surface area contributed by atoms with Gasteiger partial charge in [-0.2, -0.15) is 4.31 Å². The standard InChI is InChI=1S/C11H22N2O5S/c1-5-19(17,18)12(4)8-10(14)13(9(2)3)7-6-11(15)16/h9H,5-8H2,1-4H3,(H,15,16). The highest BCUT2D eigenvalue weighted by Crippen LogP contribution is 2.04. The Hall–Kier alpha value is -1.15. The molecule has 0 aliphatic carbocycles. The number of carboxylic acids is 1. The second-order valence-corrected chi connectivity index (χ2v) is 6.85. The number of hydrogen-bond acceptors (Lipinski definition) is 4. The molecule has 0 aliphatic heterocycles. The molecule has 112 valence electrons. The number of aliphatic carboxylic acids is 1. The lowest BCUT2D eigenvalue weighted by molar-refractivity contribution is -0.139. The Kier molecular flexibility index (Phi) is 6.99. The third-order valence-electron chi connectivity index (χ3n) is 2.71. The highest BCUT2D eigenvalue weighted by Gasteiger charge is 2.23. The van der Waals surface area contributed by atoms with E-state index in [1.807, 2.05) is 0 Å². The van der Waals surface area contributed by atoms with Gasteiger partial charge in [0.2, 0.25) is 15.9 Å². The lowest BCUT2D eigenvalue weighted by Gasteiger charge is -2.28. The quantitative estimate of drug-likeness (QED) is 0.679. The Balaban J connectivity index is 4.70. The highest BCUT2D eigenvalue weighted by molar-refractivity contribution is 7.89. The third-order valence-corrected chi connectivity index (χ3v) is 4.52. The molecule has 0 spiro atoms. The number of carbonyl (C=O) groups excluding carboxylic acids is 1. The van der Waals surface area contributed by atoms with E-state index >= 15 is 0 Å². The van der Waals surface area contributed by atoms with Crippen molar-refractivity contribution >= 4 is 21.9 Å². The number of rotatable bonds is 8. The fraction of sp³-hybridized carbons (Fsp3) is 0.818.